The maximum atomic E-state index is 2.42. The highest BCUT2D eigenvalue weighted by molar-refractivity contribution is 7.67. The van der Waals surface area contributed by atoms with Gasteiger partial charge in [-0.15, -0.1) is 0 Å². The molecule has 1 heterocycles. The van der Waals surface area contributed by atoms with Crippen LogP contribution in [0.1, 0.15) is 26.7 Å². The highest BCUT2D eigenvalue weighted by atomic mass is 31.1. The first-order valence-corrected chi connectivity index (χ1v) is 6.60. The number of hydrogen-bond donors (Lipinski definition) is 0. The van der Waals surface area contributed by atoms with Gasteiger partial charge in [0.05, 0.1) is 0 Å². The molecule has 1 heteroatoms. The molecule has 2 rings (SSSR count). The summed E-state index contributed by atoms with van der Waals surface area (Å²) in [5.41, 5.74) is 1.87. The molecule has 0 aliphatic carbocycles. The van der Waals surface area contributed by atoms with E-state index in [1.54, 1.807) is 5.30 Å². The standard InChI is InChI=1S/C12H17P/c1-10-8-9-11(2)13(10)12-6-4-3-5-7-12/h3-7,10-11H,8-9H2,1-2H3/t10-,11?,13?/m1/s1. The first kappa shape index (κ1) is 9.21. The van der Waals surface area contributed by atoms with Crippen LogP contribution in [0.3, 0.4) is 0 Å². The maximum absolute atomic E-state index is 2.42. The van der Waals surface area contributed by atoms with Gasteiger partial charge in [0.1, 0.15) is 0 Å². The molecular formula is C12H17P. The summed E-state index contributed by atoms with van der Waals surface area (Å²) in [4.78, 5) is 0. The third-order valence-electron chi connectivity index (χ3n) is 3.01. The summed E-state index contributed by atoms with van der Waals surface area (Å²) in [6.07, 6.45) is 2.86. The van der Waals surface area contributed by atoms with Crippen LogP contribution in [-0.2, 0) is 0 Å². The molecule has 2 unspecified atom stereocenters. The summed E-state index contributed by atoms with van der Waals surface area (Å²) < 4.78 is 0. The minimum absolute atomic E-state index is 0.137. The highest BCUT2D eigenvalue weighted by Gasteiger charge is 2.30. The van der Waals surface area contributed by atoms with Gasteiger partial charge in [-0.2, -0.15) is 0 Å². The topological polar surface area (TPSA) is 0 Å². The molecule has 1 saturated heterocycles. The Labute approximate surface area is 82.1 Å². The van der Waals surface area contributed by atoms with Crippen LogP contribution < -0.4 is 5.30 Å². The van der Waals surface area contributed by atoms with Crippen molar-refractivity contribution in [2.75, 3.05) is 0 Å². The number of benzene rings is 1. The summed E-state index contributed by atoms with van der Waals surface area (Å²) >= 11 is 0. The largest absolute Gasteiger partial charge is 0.0695 e. The van der Waals surface area contributed by atoms with E-state index in [1.165, 1.54) is 12.8 Å². The summed E-state index contributed by atoms with van der Waals surface area (Å²) in [7, 11) is 0.137. The van der Waals surface area contributed by atoms with Crippen molar-refractivity contribution in [2.24, 2.45) is 0 Å². The van der Waals surface area contributed by atoms with Gasteiger partial charge in [-0.25, -0.2) is 0 Å². The third kappa shape index (κ3) is 1.79. The van der Waals surface area contributed by atoms with Gasteiger partial charge in [0.25, 0.3) is 0 Å². The van der Waals surface area contributed by atoms with Crippen LogP contribution in [0.25, 0.3) is 0 Å². The van der Waals surface area contributed by atoms with Crippen molar-refractivity contribution < 1.29 is 0 Å². The van der Waals surface area contributed by atoms with E-state index in [0.717, 1.165) is 11.3 Å². The molecule has 1 fully saturated rings. The monoisotopic (exact) mass is 192 g/mol. The van der Waals surface area contributed by atoms with Crippen LogP contribution in [0, 0.1) is 0 Å². The smallest absolute Gasteiger partial charge is 0.0195 e. The summed E-state index contributed by atoms with van der Waals surface area (Å²) in [6.45, 7) is 4.84. The number of hydrogen-bond acceptors (Lipinski definition) is 0. The lowest BCUT2D eigenvalue weighted by atomic mass is 10.2. The van der Waals surface area contributed by atoms with E-state index in [-0.39, 0.29) is 7.92 Å². The van der Waals surface area contributed by atoms with E-state index in [4.69, 9.17) is 0 Å². The van der Waals surface area contributed by atoms with E-state index in [0.29, 0.717) is 0 Å². The predicted molar refractivity (Wildman–Crippen MR) is 61.2 cm³/mol. The molecule has 0 amide bonds. The minimum Gasteiger partial charge on any atom is -0.0695 e. The van der Waals surface area contributed by atoms with Gasteiger partial charge in [0, 0.05) is 0 Å². The van der Waals surface area contributed by atoms with E-state index < -0.39 is 0 Å². The Kier molecular flexibility index (Phi) is 2.69. The molecule has 0 aromatic heterocycles. The van der Waals surface area contributed by atoms with E-state index in [2.05, 4.69) is 44.2 Å². The van der Waals surface area contributed by atoms with Crippen molar-refractivity contribution in [1.29, 1.82) is 0 Å². The van der Waals surface area contributed by atoms with Crippen LogP contribution in [-0.4, -0.2) is 11.3 Å². The van der Waals surface area contributed by atoms with E-state index in [1.807, 2.05) is 0 Å². The van der Waals surface area contributed by atoms with E-state index in [9.17, 15) is 0 Å². The molecule has 70 valence electrons. The Morgan fingerprint density at radius 1 is 1.00 bits per heavy atom. The van der Waals surface area contributed by atoms with E-state index >= 15 is 0 Å². The first-order valence-electron chi connectivity index (χ1n) is 5.12. The molecule has 0 spiro atoms. The van der Waals surface area contributed by atoms with Crippen LogP contribution in [0.2, 0.25) is 0 Å². The van der Waals surface area contributed by atoms with Gasteiger partial charge < -0.3 is 0 Å². The highest BCUT2D eigenvalue weighted by Crippen LogP contribution is 2.54. The van der Waals surface area contributed by atoms with Crippen molar-refractivity contribution in [3.05, 3.63) is 30.3 Å². The predicted octanol–water partition coefficient (Wildman–Crippen LogP) is 3.36. The molecule has 0 bridgehead atoms. The molecule has 1 aromatic rings. The van der Waals surface area contributed by atoms with Crippen molar-refractivity contribution in [2.45, 2.75) is 38.0 Å². The SMILES string of the molecule is CC1CC[C@@H](C)P1c1ccccc1. The molecule has 1 aliphatic rings. The Morgan fingerprint density at radius 2 is 1.54 bits per heavy atom. The first-order chi connectivity index (χ1) is 6.29. The second-order valence-corrected chi connectivity index (χ2v) is 7.11. The van der Waals surface area contributed by atoms with Gasteiger partial charge in [0.15, 0.2) is 0 Å². The summed E-state index contributed by atoms with van der Waals surface area (Å²) in [6, 6.07) is 11.1. The molecule has 13 heavy (non-hydrogen) atoms. The van der Waals surface area contributed by atoms with Crippen LogP contribution in [0.5, 0.6) is 0 Å². The average Bonchev–Trinajstić information content (AvgIpc) is 2.48. The number of rotatable bonds is 1. The molecule has 1 aliphatic heterocycles. The molecular weight excluding hydrogens is 175 g/mol. The Bertz CT molecular complexity index is 258. The average molecular weight is 192 g/mol. The lowest BCUT2D eigenvalue weighted by Gasteiger charge is -2.20. The fourth-order valence-corrected chi connectivity index (χ4v) is 5.56. The van der Waals surface area contributed by atoms with Crippen molar-refractivity contribution in [3.8, 4) is 0 Å². The van der Waals surface area contributed by atoms with Crippen molar-refractivity contribution >= 4 is 13.2 Å². The maximum Gasteiger partial charge on any atom is -0.0195 e. The van der Waals surface area contributed by atoms with Gasteiger partial charge in [-0.3, -0.25) is 0 Å². The second kappa shape index (κ2) is 3.80. The summed E-state index contributed by atoms with van der Waals surface area (Å²) in [5.74, 6) is 0. The summed E-state index contributed by atoms with van der Waals surface area (Å²) in [5, 5.41) is 1.61. The zero-order valence-electron chi connectivity index (χ0n) is 8.40. The quantitative estimate of drug-likeness (QED) is 0.598. The fraction of sp³-hybridized carbons (Fsp3) is 0.500. The zero-order valence-corrected chi connectivity index (χ0v) is 9.30. The minimum atomic E-state index is 0.137. The molecule has 0 radical (unpaired) electrons. The van der Waals surface area contributed by atoms with Crippen molar-refractivity contribution in [3.63, 3.8) is 0 Å². The van der Waals surface area contributed by atoms with Gasteiger partial charge in [-0.1, -0.05) is 52.1 Å². The second-order valence-electron chi connectivity index (χ2n) is 4.02. The van der Waals surface area contributed by atoms with Gasteiger partial charge >= 0.3 is 0 Å². The normalized spacial score (nSPS) is 33.5. The van der Waals surface area contributed by atoms with Crippen LogP contribution in [0.4, 0.5) is 0 Å². The zero-order chi connectivity index (χ0) is 9.26. The lowest BCUT2D eigenvalue weighted by molar-refractivity contribution is 0.777. The molecule has 0 N–H and O–H groups in total. The third-order valence-corrected chi connectivity index (χ3v) is 6.32. The van der Waals surface area contributed by atoms with Crippen molar-refractivity contribution in [1.82, 2.24) is 0 Å². The van der Waals surface area contributed by atoms with Crippen LogP contribution >= 0.6 is 7.92 Å². The molecule has 1 aromatic carbocycles. The van der Waals surface area contributed by atoms with Gasteiger partial charge in [-0.05, 0) is 29.5 Å². The fourth-order valence-electron chi connectivity index (χ4n) is 2.30. The Hall–Kier alpha value is -0.350. The lowest BCUT2D eigenvalue weighted by Crippen LogP contribution is -2.10. The molecule has 0 saturated carbocycles. The van der Waals surface area contributed by atoms with Crippen LogP contribution in [0.15, 0.2) is 30.3 Å². The Balaban J connectivity index is 2.25. The van der Waals surface area contributed by atoms with Gasteiger partial charge in [0.2, 0.25) is 0 Å². The molecule has 0 nitrogen and oxygen atoms in total. The molecule has 3 atom stereocenters. The Morgan fingerprint density at radius 3 is 2.08 bits per heavy atom.